The standard InChI is InChI=1S/C25H26N4O6S2/c1-5-37(31,32)25-28-29-22(26)18(23(30)27-24(29)36-25)13-17-9-10-19(20(14-17)33-4)34-11-12-35-21-15(2)7-6-8-16(21)3/h6-10,13-14,26H,5,11-12H2,1-4H3/b18-13+,26-22?. The highest BCUT2D eigenvalue weighted by Crippen LogP contribution is 2.32. The summed E-state index contributed by atoms with van der Waals surface area (Å²) in [5, 5.41) is 13.5. The lowest BCUT2D eigenvalue weighted by molar-refractivity contribution is -0.114. The van der Waals surface area contributed by atoms with Crippen LogP contribution in [0.3, 0.4) is 0 Å². The van der Waals surface area contributed by atoms with Crippen molar-refractivity contribution in [2.45, 2.75) is 20.8 Å². The molecule has 2 aromatic rings. The summed E-state index contributed by atoms with van der Waals surface area (Å²) in [7, 11) is -2.09. The van der Waals surface area contributed by atoms with Gasteiger partial charge in [0, 0.05) is 0 Å². The number of methoxy groups -OCH3 is 1. The maximum atomic E-state index is 12.6. The minimum atomic E-state index is -3.59. The number of carbonyl (C=O) groups excluding carboxylic acids is 1. The normalized spacial score (nSPS) is 16.4. The maximum absolute atomic E-state index is 12.6. The van der Waals surface area contributed by atoms with Crippen molar-refractivity contribution >= 4 is 49.0 Å². The van der Waals surface area contributed by atoms with E-state index in [4.69, 9.17) is 19.6 Å². The Morgan fingerprint density at radius 1 is 1.08 bits per heavy atom. The van der Waals surface area contributed by atoms with E-state index in [0.29, 0.717) is 30.3 Å². The number of aryl methyl sites for hydroxylation is 2. The average Bonchev–Trinajstić information content (AvgIpc) is 3.31. The van der Waals surface area contributed by atoms with Crippen LogP contribution in [0.5, 0.6) is 17.2 Å². The predicted octanol–water partition coefficient (Wildman–Crippen LogP) is 3.78. The molecule has 194 valence electrons. The van der Waals surface area contributed by atoms with E-state index in [2.05, 4.69) is 10.1 Å². The molecule has 10 nitrogen and oxygen atoms in total. The van der Waals surface area contributed by atoms with E-state index < -0.39 is 15.7 Å². The summed E-state index contributed by atoms with van der Waals surface area (Å²) < 4.78 is 41.3. The Labute approximate surface area is 219 Å². The number of thioether (sulfide) groups is 1. The molecule has 4 rings (SSSR count). The number of para-hydroxylation sites is 1. The van der Waals surface area contributed by atoms with E-state index in [0.717, 1.165) is 33.6 Å². The van der Waals surface area contributed by atoms with Crippen molar-refractivity contribution in [1.29, 1.82) is 5.41 Å². The third-order valence-electron chi connectivity index (χ3n) is 5.58. The van der Waals surface area contributed by atoms with Crippen LogP contribution in [0.15, 0.2) is 52.1 Å². The molecule has 12 heteroatoms. The van der Waals surface area contributed by atoms with E-state index in [1.165, 1.54) is 20.1 Å². The zero-order valence-corrected chi connectivity index (χ0v) is 22.4. The molecule has 0 fully saturated rings. The number of nitrogens with zero attached hydrogens (tertiary/aromatic N) is 3. The highest BCUT2D eigenvalue weighted by atomic mass is 32.3. The number of ether oxygens (including phenoxy) is 3. The molecule has 0 spiro atoms. The van der Waals surface area contributed by atoms with Crippen LogP contribution in [0, 0.1) is 19.3 Å². The summed E-state index contributed by atoms with van der Waals surface area (Å²) in [4.78, 5) is 16.6. The number of benzene rings is 2. The molecule has 37 heavy (non-hydrogen) atoms. The van der Waals surface area contributed by atoms with Crippen LogP contribution in [0.4, 0.5) is 0 Å². The lowest BCUT2D eigenvalue weighted by Gasteiger charge is -2.20. The SMILES string of the molecule is CCS(=O)(=O)C1=NN2C(=N)/C(=C\c3ccc(OCCOc4c(C)cccc4C)c(OC)c3)C(=O)N=C2S1. The van der Waals surface area contributed by atoms with Gasteiger partial charge in [-0.15, -0.1) is 5.10 Å². The van der Waals surface area contributed by atoms with Crippen molar-refractivity contribution in [1.82, 2.24) is 5.01 Å². The molecule has 0 aromatic heterocycles. The summed E-state index contributed by atoms with van der Waals surface area (Å²) in [5.74, 6) is 0.714. The predicted molar refractivity (Wildman–Crippen MR) is 144 cm³/mol. The first-order valence-corrected chi connectivity index (χ1v) is 13.8. The van der Waals surface area contributed by atoms with Gasteiger partial charge >= 0.3 is 0 Å². The Hall–Kier alpha value is -3.64. The fraction of sp³-hybridized carbons (Fsp3) is 0.280. The quantitative estimate of drug-likeness (QED) is 0.394. The molecular formula is C25H26N4O6S2. The monoisotopic (exact) mass is 542 g/mol. The number of fused-ring (bicyclic) bond motifs is 1. The van der Waals surface area contributed by atoms with Gasteiger partial charge in [0.15, 0.2) is 17.3 Å². The van der Waals surface area contributed by atoms with Crippen LogP contribution >= 0.6 is 11.8 Å². The zero-order chi connectivity index (χ0) is 26.7. The summed E-state index contributed by atoms with van der Waals surface area (Å²) in [6.07, 6.45) is 1.48. The molecule has 0 bridgehead atoms. The second-order valence-electron chi connectivity index (χ2n) is 8.12. The number of hydrazone groups is 1. The number of hydrogen-bond donors (Lipinski definition) is 1. The molecule has 1 amide bonds. The first-order chi connectivity index (χ1) is 17.6. The number of sulfone groups is 1. The van der Waals surface area contributed by atoms with Gasteiger partial charge in [-0.3, -0.25) is 10.2 Å². The Morgan fingerprint density at radius 2 is 1.78 bits per heavy atom. The molecule has 1 N–H and O–H groups in total. The molecular weight excluding hydrogens is 516 g/mol. The number of amidine groups is 2. The molecule has 0 unspecified atom stereocenters. The van der Waals surface area contributed by atoms with Crippen molar-refractivity contribution < 1.29 is 27.4 Å². The van der Waals surface area contributed by atoms with E-state index in [1.807, 2.05) is 32.0 Å². The molecule has 2 aromatic carbocycles. The fourth-order valence-corrected chi connectivity index (χ4v) is 5.77. The largest absolute Gasteiger partial charge is 0.493 e. The Bertz CT molecular complexity index is 1440. The van der Waals surface area contributed by atoms with Crippen LogP contribution in [-0.2, 0) is 14.6 Å². The number of aliphatic imine (C=N–C) groups is 1. The first kappa shape index (κ1) is 26.4. The van der Waals surface area contributed by atoms with Crippen molar-refractivity contribution in [3.8, 4) is 17.2 Å². The van der Waals surface area contributed by atoms with Crippen molar-refractivity contribution in [3.05, 3.63) is 58.7 Å². The first-order valence-electron chi connectivity index (χ1n) is 11.4. The van der Waals surface area contributed by atoms with Gasteiger partial charge in [0.2, 0.25) is 19.4 Å². The van der Waals surface area contributed by atoms with E-state index in [9.17, 15) is 13.2 Å². The second-order valence-corrected chi connectivity index (χ2v) is 11.5. The molecule has 0 radical (unpaired) electrons. The lowest BCUT2D eigenvalue weighted by atomic mass is 10.1. The van der Waals surface area contributed by atoms with Crippen LogP contribution < -0.4 is 14.2 Å². The number of rotatable bonds is 8. The van der Waals surface area contributed by atoms with E-state index in [1.54, 1.807) is 18.2 Å². The third-order valence-corrected chi connectivity index (χ3v) is 8.67. The smallest absolute Gasteiger partial charge is 0.283 e. The van der Waals surface area contributed by atoms with Crippen LogP contribution in [0.25, 0.3) is 6.08 Å². The van der Waals surface area contributed by atoms with Gasteiger partial charge in [-0.25, -0.2) is 8.42 Å². The topological polar surface area (TPSA) is 131 Å². The number of amides is 1. The minimum absolute atomic E-state index is 0.0269. The average molecular weight is 543 g/mol. The lowest BCUT2D eigenvalue weighted by Crippen LogP contribution is -2.35. The molecule has 0 saturated carbocycles. The maximum Gasteiger partial charge on any atom is 0.283 e. The zero-order valence-electron chi connectivity index (χ0n) is 20.8. The number of hydrogen-bond acceptors (Lipinski definition) is 9. The highest BCUT2D eigenvalue weighted by Gasteiger charge is 2.39. The van der Waals surface area contributed by atoms with Gasteiger partial charge in [-0.1, -0.05) is 31.2 Å². The van der Waals surface area contributed by atoms with Gasteiger partial charge in [0.1, 0.15) is 19.0 Å². The van der Waals surface area contributed by atoms with Gasteiger partial charge in [0.25, 0.3) is 5.91 Å². The van der Waals surface area contributed by atoms with Crippen molar-refractivity contribution in [2.24, 2.45) is 10.1 Å². The number of carbonyl (C=O) groups is 1. The van der Waals surface area contributed by atoms with Crippen molar-refractivity contribution in [3.63, 3.8) is 0 Å². The summed E-state index contributed by atoms with van der Waals surface area (Å²) >= 11 is 0.762. The fourth-order valence-electron chi connectivity index (χ4n) is 3.61. The Kier molecular flexibility index (Phi) is 7.69. The molecule has 2 heterocycles. The molecule has 0 saturated heterocycles. The van der Waals surface area contributed by atoms with Crippen molar-refractivity contribution in [2.75, 3.05) is 26.1 Å². The van der Waals surface area contributed by atoms with E-state index in [-0.39, 0.29) is 26.7 Å². The molecule has 0 atom stereocenters. The molecule has 2 aliphatic rings. The molecule has 0 aliphatic carbocycles. The van der Waals surface area contributed by atoms with Gasteiger partial charge in [-0.05, 0) is 60.5 Å². The van der Waals surface area contributed by atoms with Gasteiger partial charge < -0.3 is 14.2 Å². The second kappa shape index (κ2) is 10.8. The van der Waals surface area contributed by atoms with Gasteiger partial charge in [0.05, 0.1) is 18.4 Å². The summed E-state index contributed by atoms with van der Waals surface area (Å²) in [6.45, 7) is 6.11. The number of nitrogens with one attached hydrogen (secondary N) is 1. The van der Waals surface area contributed by atoms with Gasteiger partial charge in [-0.2, -0.15) is 10.0 Å². The summed E-state index contributed by atoms with van der Waals surface area (Å²) in [6, 6.07) is 11.0. The highest BCUT2D eigenvalue weighted by molar-refractivity contribution is 8.42. The third kappa shape index (κ3) is 5.54. The molecule has 2 aliphatic heterocycles. The Balaban J connectivity index is 1.47. The minimum Gasteiger partial charge on any atom is -0.493 e. The van der Waals surface area contributed by atoms with E-state index >= 15 is 0 Å². The van der Waals surface area contributed by atoms with Crippen LogP contribution in [0.2, 0.25) is 0 Å². The van der Waals surface area contributed by atoms with Crippen LogP contribution in [-0.4, -0.2) is 60.8 Å². The summed E-state index contributed by atoms with van der Waals surface area (Å²) in [5.41, 5.74) is 2.65. The Morgan fingerprint density at radius 3 is 2.46 bits per heavy atom. The van der Waals surface area contributed by atoms with Crippen LogP contribution in [0.1, 0.15) is 23.6 Å².